The minimum absolute atomic E-state index is 0.0335. The maximum atomic E-state index is 12.5. The van der Waals surface area contributed by atoms with Gasteiger partial charge < -0.3 is 0 Å². The highest BCUT2D eigenvalue weighted by Crippen LogP contribution is 2.26. The largest absolute Gasteiger partial charge is 0.287 e. The second kappa shape index (κ2) is 4.07. The Morgan fingerprint density at radius 2 is 2.17 bits per heavy atom. The molecule has 18 heavy (non-hydrogen) atoms. The van der Waals surface area contributed by atoms with Gasteiger partial charge in [-0.05, 0) is 35.9 Å². The van der Waals surface area contributed by atoms with Crippen LogP contribution in [0.4, 0.5) is 0 Å². The molecule has 0 saturated carbocycles. The molecule has 0 aliphatic carbocycles. The number of fused-ring (bicyclic) bond motifs is 1. The molecule has 0 N–H and O–H groups in total. The number of ketones is 1. The molecule has 3 rings (SSSR count). The van der Waals surface area contributed by atoms with Crippen LogP contribution in [-0.4, -0.2) is 15.6 Å². The Kier molecular flexibility index (Phi) is 2.52. The first-order valence-electron chi connectivity index (χ1n) is 5.68. The van der Waals surface area contributed by atoms with Crippen LogP contribution in [0.1, 0.15) is 21.7 Å². The molecule has 0 bridgehead atoms. The fourth-order valence-electron chi connectivity index (χ4n) is 2.13. The lowest BCUT2D eigenvalue weighted by molar-refractivity contribution is 0.103. The summed E-state index contributed by atoms with van der Waals surface area (Å²) in [6, 6.07) is 9.69. The highest BCUT2D eigenvalue weighted by atomic mass is 32.1. The summed E-state index contributed by atoms with van der Waals surface area (Å²) in [5, 5.41) is 7.35. The number of aromatic nitrogens is 2. The van der Waals surface area contributed by atoms with E-state index in [0.717, 1.165) is 21.3 Å². The molecule has 1 aromatic carbocycles. The summed E-state index contributed by atoms with van der Waals surface area (Å²) in [7, 11) is 1.80. The van der Waals surface area contributed by atoms with Crippen molar-refractivity contribution in [3.63, 3.8) is 0 Å². The molecule has 90 valence electrons. The van der Waals surface area contributed by atoms with Crippen LogP contribution >= 0.6 is 11.3 Å². The van der Waals surface area contributed by atoms with E-state index in [1.54, 1.807) is 23.1 Å². The predicted octanol–water partition coefficient (Wildman–Crippen LogP) is 3.17. The first-order valence-corrected chi connectivity index (χ1v) is 6.56. The van der Waals surface area contributed by atoms with Crippen LogP contribution < -0.4 is 0 Å². The number of hydrogen-bond acceptors (Lipinski definition) is 3. The van der Waals surface area contributed by atoms with Crippen LogP contribution in [0.15, 0.2) is 35.7 Å². The molecule has 0 radical (unpaired) electrons. The zero-order valence-electron chi connectivity index (χ0n) is 10.2. The number of benzene rings is 1. The van der Waals surface area contributed by atoms with Crippen LogP contribution in [0.5, 0.6) is 0 Å². The molecule has 0 fully saturated rings. The number of carbonyl (C=O) groups is 1. The summed E-state index contributed by atoms with van der Waals surface area (Å²) >= 11 is 1.60. The van der Waals surface area contributed by atoms with Gasteiger partial charge in [0.2, 0.25) is 5.78 Å². The Hall–Kier alpha value is -1.94. The molecule has 3 aromatic rings. The third-order valence-corrected chi connectivity index (χ3v) is 3.92. The Balaban J connectivity index is 2.18. The van der Waals surface area contributed by atoms with E-state index in [1.807, 2.05) is 42.6 Å². The summed E-state index contributed by atoms with van der Waals surface area (Å²) in [4.78, 5) is 12.5. The Labute approximate surface area is 109 Å². The second-order valence-electron chi connectivity index (χ2n) is 4.27. The molecule has 4 heteroatoms. The minimum atomic E-state index is 0.0335. The topological polar surface area (TPSA) is 34.9 Å². The molecule has 0 saturated heterocycles. The fourth-order valence-corrected chi connectivity index (χ4v) is 3.04. The van der Waals surface area contributed by atoms with Crippen molar-refractivity contribution in [2.45, 2.75) is 6.92 Å². The van der Waals surface area contributed by atoms with Crippen LogP contribution in [0.25, 0.3) is 10.1 Å². The lowest BCUT2D eigenvalue weighted by Crippen LogP contribution is -2.08. The van der Waals surface area contributed by atoms with Crippen molar-refractivity contribution in [3.8, 4) is 0 Å². The number of hydrogen-bond donors (Lipinski definition) is 0. The van der Waals surface area contributed by atoms with Gasteiger partial charge in [0.25, 0.3) is 0 Å². The van der Waals surface area contributed by atoms with Crippen molar-refractivity contribution in [2.75, 3.05) is 0 Å². The number of rotatable bonds is 2. The van der Waals surface area contributed by atoms with Gasteiger partial charge in [-0.2, -0.15) is 5.10 Å². The van der Waals surface area contributed by atoms with Gasteiger partial charge >= 0.3 is 0 Å². The highest BCUT2D eigenvalue weighted by molar-refractivity contribution is 7.17. The van der Waals surface area contributed by atoms with Crippen LogP contribution in [-0.2, 0) is 7.05 Å². The van der Waals surface area contributed by atoms with Gasteiger partial charge in [0.15, 0.2) is 0 Å². The second-order valence-corrected chi connectivity index (χ2v) is 5.18. The van der Waals surface area contributed by atoms with Crippen molar-refractivity contribution in [3.05, 3.63) is 52.7 Å². The zero-order chi connectivity index (χ0) is 12.7. The monoisotopic (exact) mass is 256 g/mol. The van der Waals surface area contributed by atoms with E-state index in [9.17, 15) is 4.79 Å². The third kappa shape index (κ3) is 1.66. The van der Waals surface area contributed by atoms with Gasteiger partial charge in [0.05, 0.1) is 5.69 Å². The highest BCUT2D eigenvalue weighted by Gasteiger charge is 2.17. The summed E-state index contributed by atoms with van der Waals surface area (Å²) in [6.07, 6.45) is 0. The molecule has 0 spiro atoms. The number of carbonyl (C=O) groups excluding carboxylic acids is 1. The van der Waals surface area contributed by atoms with Crippen molar-refractivity contribution >= 4 is 27.2 Å². The number of thiophene rings is 1. The Bertz CT molecular complexity index is 739. The van der Waals surface area contributed by atoms with Crippen molar-refractivity contribution in [2.24, 2.45) is 7.05 Å². The minimum Gasteiger partial charge on any atom is -0.287 e. The average molecular weight is 256 g/mol. The predicted molar refractivity (Wildman–Crippen MR) is 73.2 cm³/mol. The lowest BCUT2D eigenvalue weighted by Gasteiger charge is -2.02. The van der Waals surface area contributed by atoms with Crippen molar-refractivity contribution in [1.82, 2.24) is 9.78 Å². The van der Waals surface area contributed by atoms with Gasteiger partial charge in [-0.3, -0.25) is 9.48 Å². The van der Waals surface area contributed by atoms with Gasteiger partial charge in [-0.15, -0.1) is 11.3 Å². The van der Waals surface area contributed by atoms with Gasteiger partial charge in [-0.25, -0.2) is 0 Å². The molecule has 0 atom stereocenters. The molecule has 0 unspecified atom stereocenters. The van der Waals surface area contributed by atoms with Gasteiger partial charge in [0.1, 0.15) is 5.69 Å². The SMILES string of the molecule is Cc1cc(C(=O)c2cccc3ccsc23)n(C)n1. The van der Waals surface area contributed by atoms with E-state index in [1.165, 1.54) is 0 Å². The fraction of sp³-hybridized carbons (Fsp3) is 0.143. The third-order valence-electron chi connectivity index (χ3n) is 2.96. The number of aryl methyl sites for hydroxylation is 2. The molecular formula is C14H12N2OS. The van der Waals surface area contributed by atoms with Gasteiger partial charge in [-0.1, -0.05) is 12.1 Å². The van der Waals surface area contributed by atoms with Crippen LogP contribution in [0.2, 0.25) is 0 Å². The summed E-state index contributed by atoms with van der Waals surface area (Å²) in [5.74, 6) is 0.0335. The molecular weight excluding hydrogens is 244 g/mol. The van der Waals surface area contributed by atoms with Crippen LogP contribution in [0.3, 0.4) is 0 Å². The molecule has 0 aliphatic heterocycles. The molecule has 2 heterocycles. The van der Waals surface area contributed by atoms with Crippen molar-refractivity contribution in [1.29, 1.82) is 0 Å². The Morgan fingerprint density at radius 1 is 1.33 bits per heavy atom. The summed E-state index contributed by atoms with van der Waals surface area (Å²) in [5.41, 5.74) is 2.25. The normalized spacial score (nSPS) is 11.0. The smallest absolute Gasteiger partial charge is 0.212 e. The van der Waals surface area contributed by atoms with Crippen LogP contribution in [0, 0.1) is 6.92 Å². The van der Waals surface area contributed by atoms with E-state index in [0.29, 0.717) is 5.69 Å². The lowest BCUT2D eigenvalue weighted by atomic mass is 10.1. The van der Waals surface area contributed by atoms with Gasteiger partial charge in [0, 0.05) is 17.3 Å². The standard InChI is InChI=1S/C14H12N2OS/c1-9-8-12(16(2)15-9)13(17)11-5-3-4-10-6-7-18-14(10)11/h3-8H,1-2H3. The summed E-state index contributed by atoms with van der Waals surface area (Å²) in [6.45, 7) is 1.89. The maximum Gasteiger partial charge on any atom is 0.212 e. The van der Waals surface area contributed by atoms with E-state index in [4.69, 9.17) is 0 Å². The van der Waals surface area contributed by atoms with Crippen molar-refractivity contribution < 1.29 is 4.79 Å². The van der Waals surface area contributed by atoms with E-state index < -0.39 is 0 Å². The molecule has 0 amide bonds. The average Bonchev–Trinajstić information content (AvgIpc) is 2.94. The van der Waals surface area contributed by atoms with E-state index in [-0.39, 0.29) is 5.78 Å². The summed E-state index contributed by atoms with van der Waals surface area (Å²) < 4.78 is 2.69. The molecule has 2 aromatic heterocycles. The molecule has 3 nitrogen and oxygen atoms in total. The first kappa shape index (κ1) is 11.2. The molecule has 0 aliphatic rings. The van der Waals surface area contributed by atoms with E-state index >= 15 is 0 Å². The zero-order valence-corrected chi connectivity index (χ0v) is 11.0. The number of nitrogens with zero attached hydrogens (tertiary/aromatic N) is 2. The first-order chi connectivity index (χ1) is 8.66. The van der Waals surface area contributed by atoms with E-state index in [2.05, 4.69) is 5.10 Å². The quantitative estimate of drug-likeness (QED) is 0.660. The maximum absolute atomic E-state index is 12.5. The Morgan fingerprint density at radius 3 is 2.89 bits per heavy atom.